The number of aryl methyl sites for hydroxylation is 1. The van der Waals surface area contributed by atoms with Crippen LogP contribution in [-0.2, 0) is 11.3 Å². The van der Waals surface area contributed by atoms with Gasteiger partial charge in [0.25, 0.3) is 0 Å². The van der Waals surface area contributed by atoms with Crippen molar-refractivity contribution in [2.75, 3.05) is 24.8 Å². The van der Waals surface area contributed by atoms with Crippen molar-refractivity contribution >= 4 is 11.7 Å². The zero-order valence-electron chi connectivity index (χ0n) is 18.1. The largest absolute Gasteiger partial charge is 0.454 e. The van der Waals surface area contributed by atoms with Crippen molar-refractivity contribution in [1.29, 1.82) is 0 Å². The predicted molar refractivity (Wildman–Crippen MR) is 122 cm³/mol. The van der Waals surface area contributed by atoms with E-state index in [2.05, 4.69) is 51.6 Å². The molecule has 1 atom stereocenters. The molecule has 2 aromatic carbocycles. The van der Waals surface area contributed by atoms with E-state index < -0.39 is 0 Å². The lowest BCUT2D eigenvalue weighted by molar-refractivity contribution is -0.125. The second kappa shape index (κ2) is 8.86. The third-order valence-electron chi connectivity index (χ3n) is 6.02. The quantitative estimate of drug-likeness (QED) is 0.665. The Morgan fingerprint density at radius 3 is 2.72 bits per heavy atom. The minimum atomic E-state index is -0.0728. The normalized spacial score (nSPS) is 17.3. The number of amides is 1. The second-order valence-corrected chi connectivity index (χ2v) is 8.33. The maximum absolute atomic E-state index is 12.8. The van der Waals surface area contributed by atoms with Crippen molar-refractivity contribution in [3.05, 3.63) is 65.7 Å². The highest BCUT2D eigenvalue weighted by Gasteiger charge is 2.26. The lowest BCUT2D eigenvalue weighted by Crippen LogP contribution is -2.43. The van der Waals surface area contributed by atoms with Gasteiger partial charge in [-0.05, 0) is 49.6 Å². The van der Waals surface area contributed by atoms with Gasteiger partial charge in [0.2, 0.25) is 12.7 Å². The molecule has 164 valence electrons. The summed E-state index contributed by atoms with van der Waals surface area (Å²) >= 11 is 0. The van der Waals surface area contributed by atoms with E-state index in [1.807, 2.05) is 30.3 Å². The molecule has 0 unspecified atom stereocenters. The molecule has 3 aromatic rings. The highest BCUT2D eigenvalue weighted by molar-refractivity contribution is 5.79. The molecule has 32 heavy (non-hydrogen) atoms. The van der Waals surface area contributed by atoms with Gasteiger partial charge in [-0.1, -0.05) is 35.9 Å². The van der Waals surface area contributed by atoms with E-state index in [1.165, 1.54) is 5.56 Å². The van der Waals surface area contributed by atoms with Crippen molar-refractivity contribution in [2.45, 2.75) is 26.3 Å². The number of carbonyl (C=O) groups is 1. The molecule has 0 saturated carbocycles. The number of nitrogens with one attached hydrogen (secondary N) is 1. The summed E-state index contributed by atoms with van der Waals surface area (Å²) in [5, 5.41) is 11.9. The number of fused-ring (bicyclic) bond motifs is 1. The van der Waals surface area contributed by atoms with Crippen molar-refractivity contribution in [2.24, 2.45) is 5.92 Å². The zero-order chi connectivity index (χ0) is 21.9. The highest BCUT2D eigenvalue weighted by atomic mass is 16.7. The SMILES string of the molecule is Cc1ccc(-c2ccc(N3CCC[C@H](C(=O)NCc4ccc5c(c4)OCO5)C3)nn2)cc1. The fourth-order valence-electron chi connectivity index (χ4n) is 4.16. The minimum Gasteiger partial charge on any atom is -0.454 e. The summed E-state index contributed by atoms with van der Waals surface area (Å²) in [6.07, 6.45) is 1.82. The topological polar surface area (TPSA) is 76.6 Å². The Morgan fingerprint density at radius 1 is 1.06 bits per heavy atom. The Hall–Kier alpha value is -3.61. The smallest absolute Gasteiger partial charge is 0.231 e. The van der Waals surface area contributed by atoms with E-state index in [-0.39, 0.29) is 18.6 Å². The Morgan fingerprint density at radius 2 is 1.91 bits per heavy atom. The molecule has 7 heteroatoms. The van der Waals surface area contributed by atoms with Crippen LogP contribution in [0.15, 0.2) is 54.6 Å². The monoisotopic (exact) mass is 430 g/mol. The summed E-state index contributed by atoms with van der Waals surface area (Å²) in [5.41, 5.74) is 4.11. The van der Waals surface area contributed by atoms with Crippen LogP contribution in [0.3, 0.4) is 0 Å². The van der Waals surface area contributed by atoms with Crippen LogP contribution in [0.4, 0.5) is 5.82 Å². The molecule has 1 amide bonds. The number of anilines is 1. The molecule has 2 aliphatic rings. The van der Waals surface area contributed by atoms with Gasteiger partial charge in [-0.2, -0.15) is 0 Å². The van der Waals surface area contributed by atoms with Crippen LogP contribution in [0.2, 0.25) is 0 Å². The number of benzene rings is 2. The van der Waals surface area contributed by atoms with Gasteiger partial charge in [0.05, 0.1) is 11.6 Å². The molecule has 1 saturated heterocycles. The van der Waals surface area contributed by atoms with E-state index in [0.717, 1.165) is 53.5 Å². The van der Waals surface area contributed by atoms with Crippen LogP contribution in [0.5, 0.6) is 11.5 Å². The minimum absolute atomic E-state index is 0.0663. The van der Waals surface area contributed by atoms with Crippen molar-refractivity contribution in [3.63, 3.8) is 0 Å². The van der Waals surface area contributed by atoms with E-state index in [4.69, 9.17) is 9.47 Å². The van der Waals surface area contributed by atoms with Crippen molar-refractivity contribution in [1.82, 2.24) is 15.5 Å². The second-order valence-electron chi connectivity index (χ2n) is 8.33. The number of carbonyl (C=O) groups excluding carboxylic acids is 1. The molecule has 2 aliphatic heterocycles. The van der Waals surface area contributed by atoms with E-state index in [1.54, 1.807) is 0 Å². The maximum Gasteiger partial charge on any atom is 0.231 e. The average molecular weight is 431 g/mol. The van der Waals surface area contributed by atoms with Crippen molar-refractivity contribution < 1.29 is 14.3 Å². The zero-order valence-corrected chi connectivity index (χ0v) is 18.1. The first kappa shape index (κ1) is 20.3. The molecular weight excluding hydrogens is 404 g/mol. The van der Waals surface area contributed by atoms with Gasteiger partial charge in [-0.3, -0.25) is 4.79 Å². The Bertz CT molecular complexity index is 1100. The first-order valence-electron chi connectivity index (χ1n) is 11.0. The van der Waals surface area contributed by atoms with Gasteiger partial charge in [0.15, 0.2) is 17.3 Å². The summed E-state index contributed by atoms with van der Waals surface area (Å²) < 4.78 is 10.8. The third-order valence-corrected chi connectivity index (χ3v) is 6.02. The summed E-state index contributed by atoms with van der Waals surface area (Å²) in [7, 11) is 0. The molecule has 1 fully saturated rings. The summed E-state index contributed by atoms with van der Waals surface area (Å²) in [5.74, 6) is 2.29. The molecule has 5 rings (SSSR count). The lowest BCUT2D eigenvalue weighted by Gasteiger charge is -2.32. The molecule has 0 radical (unpaired) electrons. The standard InChI is InChI=1S/C25H26N4O3/c1-17-4-7-19(8-5-17)21-9-11-24(28-27-21)29-12-2-3-20(15-29)25(30)26-14-18-6-10-22-23(13-18)32-16-31-22/h4-11,13,20H,2-3,12,14-16H2,1H3,(H,26,30)/t20-/m0/s1. The summed E-state index contributed by atoms with van der Waals surface area (Å²) in [6.45, 7) is 4.31. The van der Waals surface area contributed by atoms with Crippen molar-refractivity contribution in [3.8, 4) is 22.8 Å². The van der Waals surface area contributed by atoms with Crippen LogP contribution in [0.25, 0.3) is 11.3 Å². The van der Waals surface area contributed by atoms with Crippen LogP contribution in [0.1, 0.15) is 24.0 Å². The molecule has 0 aliphatic carbocycles. The number of ether oxygens (including phenoxy) is 2. The first-order chi connectivity index (χ1) is 15.7. The van der Waals surface area contributed by atoms with E-state index >= 15 is 0 Å². The Kier molecular flexibility index (Phi) is 5.62. The molecule has 0 spiro atoms. The number of aromatic nitrogens is 2. The van der Waals surface area contributed by atoms with Gasteiger partial charge in [0.1, 0.15) is 0 Å². The van der Waals surface area contributed by atoms with Gasteiger partial charge in [-0.15, -0.1) is 10.2 Å². The van der Waals surface area contributed by atoms with E-state index in [9.17, 15) is 4.79 Å². The van der Waals surface area contributed by atoms with Crippen LogP contribution >= 0.6 is 0 Å². The average Bonchev–Trinajstić information content (AvgIpc) is 3.31. The third kappa shape index (κ3) is 4.37. The summed E-state index contributed by atoms with van der Waals surface area (Å²) in [6, 6.07) is 18.0. The molecule has 0 bridgehead atoms. The highest BCUT2D eigenvalue weighted by Crippen LogP contribution is 2.32. The van der Waals surface area contributed by atoms with Gasteiger partial charge in [0, 0.05) is 25.2 Å². The fourth-order valence-corrected chi connectivity index (χ4v) is 4.16. The first-order valence-corrected chi connectivity index (χ1v) is 11.0. The van der Waals surface area contributed by atoms with Gasteiger partial charge >= 0.3 is 0 Å². The van der Waals surface area contributed by atoms with Crippen LogP contribution in [-0.4, -0.2) is 36.0 Å². The Balaban J connectivity index is 1.19. The Labute approximate surface area is 187 Å². The molecule has 1 aromatic heterocycles. The number of rotatable bonds is 5. The number of hydrogen-bond donors (Lipinski definition) is 1. The molecule has 7 nitrogen and oxygen atoms in total. The number of hydrogen-bond acceptors (Lipinski definition) is 6. The maximum atomic E-state index is 12.8. The number of piperidine rings is 1. The van der Waals surface area contributed by atoms with Gasteiger partial charge in [-0.25, -0.2) is 0 Å². The number of nitrogens with zero attached hydrogens (tertiary/aromatic N) is 3. The summed E-state index contributed by atoms with van der Waals surface area (Å²) in [4.78, 5) is 15.0. The predicted octanol–water partition coefficient (Wildman–Crippen LogP) is 3.71. The molecule has 1 N–H and O–H groups in total. The van der Waals surface area contributed by atoms with E-state index in [0.29, 0.717) is 13.1 Å². The van der Waals surface area contributed by atoms with Crippen LogP contribution in [0, 0.1) is 12.8 Å². The lowest BCUT2D eigenvalue weighted by atomic mass is 9.97. The van der Waals surface area contributed by atoms with Gasteiger partial charge < -0.3 is 19.7 Å². The molecular formula is C25H26N4O3. The van der Waals surface area contributed by atoms with Crippen LogP contribution < -0.4 is 19.7 Å². The molecule has 3 heterocycles. The fraction of sp³-hybridized carbons (Fsp3) is 0.320.